The van der Waals surface area contributed by atoms with Gasteiger partial charge in [-0.1, -0.05) is 24.8 Å². The Morgan fingerprint density at radius 1 is 1.62 bits per heavy atom. The van der Waals surface area contributed by atoms with Crippen LogP contribution in [0.2, 0.25) is 0 Å². The molecular weight excluding hydrogens is 142 g/mol. The number of rotatable bonds is 2. The van der Waals surface area contributed by atoms with Crippen molar-refractivity contribution in [1.29, 1.82) is 0 Å². The molecular formula is C5H6ClNS. The van der Waals surface area contributed by atoms with Crippen LogP contribution in [0, 0.1) is 0 Å². The summed E-state index contributed by atoms with van der Waals surface area (Å²) in [5.41, 5.74) is 0. The van der Waals surface area contributed by atoms with Crippen molar-refractivity contribution in [3.63, 3.8) is 0 Å². The standard InChI is InChI=1S/C5H6ClNS/c1-4(6)3-7-5(2)8/h3,8H,1-2H2/b7-3-. The van der Waals surface area contributed by atoms with Crippen molar-refractivity contribution in [2.24, 2.45) is 4.99 Å². The molecule has 44 valence electrons. The van der Waals surface area contributed by atoms with E-state index in [4.69, 9.17) is 11.6 Å². The maximum absolute atomic E-state index is 5.30. The first kappa shape index (κ1) is 7.79. The van der Waals surface area contributed by atoms with Gasteiger partial charge < -0.3 is 0 Å². The molecule has 0 bridgehead atoms. The van der Waals surface area contributed by atoms with Gasteiger partial charge in [-0.2, -0.15) is 0 Å². The Kier molecular flexibility index (Phi) is 3.65. The van der Waals surface area contributed by atoms with Gasteiger partial charge in [0.05, 0.1) is 10.1 Å². The molecule has 0 rings (SSSR count). The van der Waals surface area contributed by atoms with E-state index in [1.807, 2.05) is 0 Å². The lowest BCUT2D eigenvalue weighted by atomic mass is 10.7. The lowest BCUT2D eigenvalue weighted by Crippen LogP contribution is -1.67. The Morgan fingerprint density at radius 3 is 2.25 bits per heavy atom. The molecule has 0 aliphatic heterocycles. The van der Waals surface area contributed by atoms with E-state index < -0.39 is 0 Å². The Bertz CT molecular complexity index is 123. The Labute approximate surface area is 59.2 Å². The van der Waals surface area contributed by atoms with E-state index in [9.17, 15) is 0 Å². The van der Waals surface area contributed by atoms with Crippen LogP contribution in [-0.4, -0.2) is 6.21 Å². The van der Waals surface area contributed by atoms with Gasteiger partial charge in [0.25, 0.3) is 0 Å². The monoisotopic (exact) mass is 147 g/mol. The molecule has 0 N–H and O–H groups in total. The number of hydrogen-bond donors (Lipinski definition) is 1. The lowest BCUT2D eigenvalue weighted by Gasteiger charge is -1.81. The zero-order valence-electron chi connectivity index (χ0n) is 4.26. The average molecular weight is 148 g/mol. The van der Waals surface area contributed by atoms with E-state index in [0.29, 0.717) is 10.1 Å². The van der Waals surface area contributed by atoms with Crippen molar-refractivity contribution in [3.8, 4) is 0 Å². The van der Waals surface area contributed by atoms with Crippen LogP contribution in [-0.2, 0) is 0 Å². The van der Waals surface area contributed by atoms with Gasteiger partial charge in [0.1, 0.15) is 0 Å². The molecule has 0 atom stereocenters. The summed E-state index contributed by atoms with van der Waals surface area (Å²) in [6, 6.07) is 0. The second-order valence-electron chi connectivity index (χ2n) is 1.12. The summed E-state index contributed by atoms with van der Waals surface area (Å²) >= 11 is 9.08. The predicted octanol–water partition coefficient (Wildman–Crippen LogP) is 2.21. The van der Waals surface area contributed by atoms with Crippen LogP contribution in [0.1, 0.15) is 0 Å². The minimum Gasteiger partial charge on any atom is -0.249 e. The van der Waals surface area contributed by atoms with Gasteiger partial charge in [0.15, 0.2) is 0 Å². The molecule has 0 aliphatic carbocycles. The fraction of sp³-hybridized carbons (Fsp3) is 0. The van der Waals surface area contributed by atoms with Crippen molar-refractivity contribution < 1.29 is 0 Å². The van der Waals surface area contributed by atoms with Gasteiger partial charge >= 0.3 is 0 Å². The second kappa shape index (κ2) is 3.75. The van der Waals surface area contributed by atoms with E-state index in [1.165, 1.54) is 6.21 Å². The zero-order chi connectivity index (χ0) is 6.57. The van der Waals surface area contributed by atoms with E-state index in [2.05, 4.69) is 30.8 Å². The second-order valence-corrected chi connectivity index (χ2v) is 2.12. The summed E-state index contributed by atoms with van der Waals surface area (Å²) in [5, 5.41) is 0.798. The Hall–Kier alpha value is -0.210. The highest BCUT2D eigenvalue weighted by molar-refractivity contribution is 7.84. The maximum atomic E-state index is 5.30. The first-order valence-corrected chi connectivity index (χ1v) is 2.72. The molecule has 3 heteroatoms. The number of allylic oxidation sites excluding steroid dienone is 1. The van der Waals surface area contributed by atoms with Crippen molar-refractivity contribution in [3.05, 3.63) is 23.2 Å². The first-order chi connectivity index (χ1) is 3.63. The van der Waals surface area contributed by atoms with E-state index >= 15 is 0 Å². The normalized spacial score (nSPS) is 9.75. The minimum atomic E-state index is 0.375. The summed E-state index contributed by atoms with van der Waals surface area (Å²) in [6.07, 6.45) is 1.39. The molecule has 0 aromatic heterocycles. The predicted molar refractivity (Wildman–Crippen MR) is 41.6 cm³/mol. The maximum Gasteiger partial charge on any atom is 0.0858 e. The number of hydrogen-bond acceptors (Lipinski definition) is 2. The molecule has 0 saturated carbocycles. The largest absolute Gasteiger partial charge is 0.249 e. The van der Waals surface area contributed by atoms with Gasteiger partial charge in [0.2, 0.25) is 0 Å². The highest BCUT2D eigenvalue weighted by Gasteiger charge is 1.76. The molecule has 0 aromatic carbocycles. The fourth-order valence-corrected chi connectivity index (χ4v) is 0.251. The SMILES string of the molecule is C=C(Cl)/C=N\C(=C)S. The van der Waals surface area contributed by atoms with Gasteiger partial charge in [-0.15, -0.1) is 12.6 Å². The summed E-state index contributed by atoms with van der Waals surface area (Å²) < 4.78 is 0. The third-order valence-corrected chi connectivity index (χ3v) is 0.567. The van der Waals surface area contributed by atoms with Crippen LogP contribution >= 0.6 is 24.2 Å². The third kappa shape index (κ3) is 5.79. The van der Waals surface area contributed by atoms with Crippen molar-refractivity contribution in [2.45, 2.75) is 0 Å². The van der Waals surface area contributed by atoms with Crippen LogP contribution in [0.3, 0.4) is 0 Å². The number of nitrogens with zero attached hydrogens (tertiary/aromatic N) is 1. The summed E-state index contributed by atoms with van der Waals surface area (Å²) in [4.78, 5) is 3.64. The molecule has 0 radical (unpaired) electrons. The Balaban J connectivity index is 3.67. The Morgan fingerprint density at radius 2 is 2.12 bits per heavy atom. The molecule has 0 aliphatic rings. The number of aliphatic imine (C=N–C) groups is 1. The topological polar surface area (TPSA) is 12.4 Å². The lowest BCUT2D eigenvalue weighted by molar-refractivity contribution is 1.58. The molecule has 0 heterocycles. The summed E-state index contributed by atoms with van der Waals surface area (Å²) in [7, 11) is 0. The van der Waals surface area contributed by atoms with Gasteiger partial charge in [0, 0.05) is 6.21 Å². The van der Waals surface area contributed by atoms with E-state index in [1.54, 1.807) is 0 Å². The zero-order valence-corrected chi connectivity index (χ0v) is 5.91. The summed E-state index contributed by atoms with van der Waals surface area (Å²) in [5.74, 6) is 0. The van der Waals surface area contributed by atoms with Crippen molar-refractivity contribution >= 4 is 30.4 Å². The van der Waals surface area contributed by atoms with Gasteiger partial charge in [-0.3, -0.25) is 0 Å². The molecule has 0 amide bonds. The third-order valence-electron chi connectivity index (χ3n) is 0.354. The molecule has 1 nitrogen and oxygen atoms in total. The van der Waals surface area contributed by atoms with Crippen LogP contribution in [0.4, 0.5) is 0 Å². The molecule has 0 spiro atoms. The fourth-order valence-electron chi connectivity index (χ4n) is 0.145. The summed E-state index contributed by atoms with van der Waals surface area (Å²) in [6.45, 7) is 6.76. The number of thiol groups is 1. The van der Waals surface area contributed by atoms with Gasteiger partial charge in [-0.05, 0) is 0 Å². The van der Waals surface area contributed by atoms with E-state index in [0.717, 1.165) is 0 Å². The molecule has 0 unspecified atom stereocenters. The molecule has 0 fully saturated rings. The molecule has 0 saturated heterocycles. The first-order valence-electron chi connectivity index (χ1n) is 1.89. The van der Waals surface area contributed by atoms with E-state index in [-0.39, 0.29) is 0 Å². The molecule has 8 heavy (non-hydrogen) atoms. The van der Waals surface area contributed by atoms with Crippen LogP contribution in [0.25, 0.3) is 0 Å². The smallest absolute Gasteiger partial charge is 0.0858 e. The number of halogens is 1. The van der Waals surface area contributed by atoms with Crippen molar-refractivity contribution in [2.75, 3.05) is 0 Å². The quantitative estimate of drug-likeness (QED) is 0.454. The highest BCUT2D eigenvalue weighted by atomic mass is 35.5. The average Bonchev–Trinajstić information content (AvgIpc) is 1.61. The minimum absolute atomic E-state index is 0.375. The highest BCUT2D eigenvalue weighted by Crippen LogP contribution is 1.98. The molecule has 0 aromatic rings. The van der Waals surface area contributed by atoms with Crippen LogP contribution in [0.5, 0.6) is 0 Å². The van der Waals surface area contributed by atoms with Gasteiger partial charge in [-0.25, -0.2) is 4.99 Å². The van der Waals surface area contributed by atoms with Crippen molar-refractivity contribution in [1.82, 2.24) is 0 Å². The van der Waals surface area contributed by atoms with Crippen LogP contribution in [0.15, 0.2) is 28.2 Å². The van der Waals surface area contributed by atoms with Crippen LogP contribution < -0.4 is 0 Å².